The van der Waals surface area contributed by atoms with E-state index >= 15 is 0 Å². The number of carbonyl (C=O) groups excluding carboxylic acids is 1. The molecule has 1 saturated carbocycles. The topological polar surface area (TPSA) is 31.2 Å². The molecule has 1 aromatic rings. The molecule has 1 aliphatic rings. The van der Waals surface area contributed by atoms with Gasteiger partial charge in [-0.25, -0.2) is 4.79 Å². The van der Waals surface area contributed by atoms with Crippen molar-refractivity contribution in [3.8, 4) is 0 Å². The molecule has 1 aliphatic carbocycles. The van der Waals surface area contributed by atoms with E-state index in [4.69, 9.17) is 4.74 Å². The molecular formula is C14H21NO2. The van der Waals surface area contributed by atoms with Crippen molar-refractivity contribution in [1.82, 2.24) is 4.57 Å². The number of ether oxygens (including phenoxy) is 1. The number of hydrogen-bond acceptors (Lipinski definition) is 2. The average Bonchev–Trinajstić information content (AvgIpc) is 2.72. The number of nitrogens with zero attached hydrogens (tertiary/aromatic N) is 1. The second-order valence-corrected chi connectivity index (χ2v) is 4.73. The van der Waals surface area contributed by atoms with Crippen LogP contribution in [0, 0.1) is 6.92 Å². The molecule has 0 bridgehead atoms. The molecular weight excluding hydrogens is 214 g/mol. The van der Waals surface area contributed by atoms with Gasteiger partial charge in [0.2, 0.25) is 0 Å². The van der Waals surface area contributed by atoms with E-state index in [-0.39, 0.29) is 5.97 Å². The lowest BCUT2D eigenvalue weighted by atomic mass is 9.95. The molecule has 0 atom stereocenters. The second-order valence-electron chi connectivity index (χ2n) is 4.73. The lowest BCUT2D eigenvalue weighted by Crippen LogP contribution is -2.14. The minimum absolute atomic E-state index is 0.195. The van der Waals surface area contributed by atoms with Gasteiger partial charge in [-0.15, -0.1) is 0 Å². The van der Waals surface area contributed by atoms with Crippen LogP contribution in [-0.4, -0.2) is 17.1 Å². The Morgan fingerprint density at radius 2 is 2.12 bits per heavy atom. The van der Waals surface area contributed by atoms with Crippen molar-refractivity contribution < 1.29 is 9.53 Å². The van der Waals surface area contributed by atoms with Gasteiger partial charge in [-0.05, 0) is 32.8 Å². The van der Waals surface area contributed by atoms with Crippen LogP contribution in [0.2, 0.25) is 0 Å². The normalized spacial score (nSPS) is 17.1. The lowest BCUT2D eigenvalue weighted by molar-refractivity contribution is 0.0525. The summed E-state index contributed by atoms with van der Waals surface area (Å²) in [4.78, 5) is 11.7. The summed E-state index contributed by atoms with van der Waals surface area (Å²) in [6.07, 6.45) is 8.46. The molecule has 0 amide bonds. The predicted octanol–water partition coefficient (Wildman–Crippen LogP) is 3.48. The maximum Gasteiger partial charge on any atom is 0.339 e. The number of esters is 1. The minimum Gasteiger partial charge on any atom is -0.462 e. The van der Waals surface area contributed by atoms with E-state index in [0.717, 1.165) is 11.3 Å². The third-order valence-corrected chi connectivity index (χ3v) is 3.64. The molecule has 0 aliphatic heterocycles. The highest BCUT2D eigenvalue weighted by molar-refractivity contribution is 5.90. The molecule has 2 rings (SSSR count). The predicted molar refractivity (Wildman–Crippen MR) is 67.2 cm³/mol. The first kappa shape index (κ1) is 12.2. The van der Waals surface area contributed by atoms with Gasteiger partial charge in [0, 0.05) is 17.9 Å². The smallest absolute Gasteiger partial charge is 0.339 e. The fraction of sp³-hybridized carbons (Fsp3) is 0.643. The maximum absolute atomic E-state index is 11.7. The van der Waals surface area contributed by atoms with E-state index in [2.05, 4.69) is 4.57 Å². The fourth-order valence-corrected chi connectivity index (χ4v) is 2.71. The highest BCUT2D eigenvalue weighted by atomic mass is 16.5. The van der Waals surface area contributed by atoms with Crippen molar-refractivity contribution in [3.05, 3.63) is 23.5 Å². The zero-order valence-electron chi connectivity index (χ0n) is 10.7. The van der Waals surface area contributed by atoms with Crippen molar-refractivity contribution in [3.63, 3.8) is 0 Å². The molecule has 94 valence electrons. The number of hydrogen-bond donors (Lipinski definition) is 0. The molecule has 0 radical (unpaired) electrons. The summed E-state index contributed by atoms with van der Waals surface area (Å²) in [5.74, 6) is -0.195. The van der Waals surface area contributed by atoms with Crippen LogP contribution in [0.4, 0.5) is 0 Å². The van der Waals surface area contributed by atoms with Gasteiger partial charge in [0.25, 0.3) is 0 Å². The lowest BCUT2D eigenvalue weighted by Gasteiger charge is -2.24. The van der Waals surface area contributed by atoms with E-state index < -0.39 is 0 Å². The summed E-state index contributed by atoms with van der Waals surface area (Å²) in [5, 5.41) is 0. The van der Waals surface area contributed by atoms with Crippen LogP contribution in [-0.2, 0) is 4.74 Å². The largest absolute Gasteiger partial charge is 0.462 e. The fourth-order valence-electron chi connectivity index (χ4n) is 2.71. The van der Waals surface area contributed by atoms with Gasteiger partial charge < -0.3 is 9.30 Å². The van der Waals surface area contributed by atoms with Crippen molar-refractivity contribution in [2.24, 2.45) is 0 Å². The van der Waals surface area contributed by atoms with Crippen molar-refractivity contribution in [2.75, 3.05) is 6.61 Å². The molecule has 0 spiro atoms. The van der Waals surface area contributed by atoms with Crippen molar-refractivity contribution in [1.29, 1.82) is 0 Å². The Bertz CT molecular complexity index is 389. The quantitative estimate of drug-likeness (QED) is 0.751. The van der Waals surface area contributed by atoms with Gasteiger partial charge in [-0.1, -0.05) is 19.3 Å². The Balaban J connectivity index is 2.16. The molecule has 0 unspecified atom stereocenters. The van der Waals surface area contributed by atoms with E-state index in [9.17, 15) is 4.79 Å². The van der Waals surface area contributed by atoms with Crippen LogP contribution in [0.25, 0.3) is 0 Å². The Morgan fingerprint density at radius 1 is 1.41 bits per heavy atom. The molecule has 0 saturated heterocycles. The third-order valence-electron chi connectivity index (χ3n) is 3.64. The minimum atomic E-state index is -0.195. The Hall–Kier alpha value is -1.25. The van der Waals surface area contributed by atoms with Crippen LogP contribution < -0.4 is 0 Å². The molecule has 1 fully saturated rings. The van der Waals surface area contributed by atoms with Gasteiger partial charge >= 0.3 is 5.97 Å². The van der Waals surface area contributed by atoms with Crippen LogP contribution in [0.5, 0.6) is 0 Å². The second kappa shape index (κ2) is 5.39. The Kier molecular flexibility index (Phi) is 3.87. The number of carbonyl (C=O) groups is 1. The van der Waals surface area contributed by atoms with Gasteiger partial charge in [-0.2, -0.15) is 0 Å². The molecule has 0 N–H and O–H groups in total. The summed E-state index contributed by atoms with van der Waals surface area (Å²) in [6, 6.07) is 2.47. The average molecular weight is 235 g/mol. The summed E-state index contributed by atoms with van der Waals surface area (Å²) in [6.45, 7) is 4.29. The number of rotatable bonds is 3. The molecule has 0 aromatic carbocycles. The van der Waals surface area contributed by atoms with E-state index in [1.54, 1.807) is 0 Å². The zero-order chi connectivity index (χ0) is 12.3. The SMILES string of the molecule is CCOC(=O)c1ccn(C2CCCCC2)c1C. The van der Waals surface area contributed by atoms with E-state index in [1.807, 2.05) is 26.1 Å². The summed E-state index contributed by atoms with van der Waals surface area (Å²) < 4.78 is 7.31. The van der Waals surface area contributed by atoms with Gasteiger partial charge in [0.05, 0.1) is 12.2 Å². The first-order chi connectivity index (χ1) is 8.24. The van der Waals surface area contributed by atoms with E-state index in [0.29, 0.717) is 12.6 Å². The van der Waals surface area contributed by atoms with Crippen LogP contribution in [0.1, 0.15) is 61.1 Å². The van der Waals surface area contributed by atoms with Gasteiger partial charge in [-0.3, -0.25) is 0 Å². The third kappa shape index (κ3) is 2.54. The van der Waals surface area contributed by atoms with Crippen molar-refractivity contribution >= 4 is 5.97 Å². The molecule has 3 nitrogen and oxygen atoms in total. The van der Waals surface area contributed by atoms with E-state index in [1.165, 1.54) is 32.1 Å². The van der Waals surface area contributed by atoms with Crippen LogP contribution in [0.15, 0.2) is 12.3 Å². The monoisotopic (exact) mass is 235 g/mol. The maximum atomic E-state index is 11.7. The highest BCUT2D eigenvalue weighted by Crippen LogP contribution is 2.30. The van der Waals surface area contributed by atoms with Gasteiger partial charge in [0.1, 0.15) is 0 Å². The summed E-state index contributed by atoms with van der Waals surface area (Å²) in [7, 11) is 0. The molecule has 1 heterocycles. The Morgan fingerprint density at radius 3 is 2.76 bits per heavy atom. The zero-order valence-corrected chi connectivity index (χ0v) is 10.7. The Labute approximate surface area is 103 Å². The summed E-state index contributed by atoms with van der Waals surface area (Å²) >= 11 is 0. The molecule has 17 heavy (non-hydrogen) atoms. The first-order valence-corrected chi connectivity index (χ1v) is 6.58. The van der Waals surface area contributed by atoms with Gasteiger partial charge in [0.15, 0.2) is 0 Å². The number of aromatic nitrogens is 1. The molecule has 3 heteroatoms. The van der Waals surface area contributed by atoms with Crippen LogP contribution >= 0.6 is 0 Å². The standard InChI is InChI=1S/C14H21NO2/c1-3-17-14(16)13-9-10-15(11(13)2)12-7-5-4-6-8-12/h9-10,12H,3-8H2,1-2H3. The first-order valence-electron chi connectivity index (χ1n) is 6.58. The van der Waals surface area contributed by atoms with Crippen molar-refractivity contribution in [2.45, 2.75) is 52.0 Å². The van der Waals surface area contributed by atoms with Crippen LogP contribution in [0.3, 0.4) is 0 Å². The summed E-state index contributed by atoms with van der Waals surface area (Å²) in [5.41, 5.74) is 1.77. The molecule has 1 aromatic heterocycles. The highest BCUT2D eigenvalue weighted by Gasteiger charge is 2.20.